The highest BCUT2D eigenvalue weighted by Crippen LogP contribution is 2.16. The van der Waals surface area contributed by atoms with Crippen LogP contribution in [-0.2, 0) is 9.47 Å². The van der Waals surface area contributed by atoms with Gasteiger partial charge in [0.05, 0.1) is 12.7 Å². The van der Waals surface area contributed by atoms with Crippen LogP contribution in [0.2, 0.25) is 0 Å². The van der Waals surface area contributed by atoms with Crippen LogP contribution in [0.1, 0.15) is 26.7 Å². The van der Waals surface area contributed by atoms with E-state index in [1.54, 1.807) is 0 Å². The summed E-state index contributed by atoms with van der Waals surface area (Å²) < 4.78 is 10.6. The summed E-state index contributed by atoms with van der Waals surface area (Å²) >= 11 is 0. The third-order valence-electron chi connectivity index (χ3n) is 1.76. The summed E-state index contributed by atoms with van der Waals surface area (Å²) in [6.45, 7) is 6.03. The molecule has 1 rings (SSSR count). The maximum absolute atomic E-state index is 5.48. The lowest BCUT2D eigenvalue weighted by Crippen LogP contribution is -2.15. The number of ether oxygens (including phenoxy) is 2. The van der Waals surface area contributed by atoms with Gasteiger partial charge in [-0.25, -0.2) is 0 Å². The monoisotopic (exact) mass is 144 g/mol. The van der Waals surface area contributed by atoms with Gasteiger partial charge < -0.3 is 9.47 Å². The Balaban J connectivity index is 1.90. The van der Waals surface area contributed by atoms with Gasteiger partial charge in [0.1, 0.15) is 6.10 Å². The van der Waals surface area contributed by atoms with Gasteiger partial charge in [0.25, 0.3) is 0 Å². The van der Waals surface area contributed by atoms with Crippen LogP contribution >= 0.6 is 0 Å². The van der Waals surface area contributed by atoms with E-state index in [-0.39, 0.29) is 0 Å². The molecule has 1 aliphatic heterocycles. The van der Waals surface area contributed by atoms with Gasteiger partial charge >= 0.3 is 0 Å². The highest BCUT2D eigenvalue weighted by Gasteiger charge is 2.29. The molecule has 1 saturated heterocycles. The Morgan fingerprint density at radius 3 is 2.90 bits per heavy atom. The van der Waals surface area contributed by atoms with Gasteiger partial charge in [-0.3, -0.25) is 0 Å². The first-order valence-electron chi connectivity index (χ1n) is 4.07. The van der Waals surface area contributed by atoms with Gasteiger partial charge in [-0.1, -0.05) is 13.3 Å². The summed E-state index contributed by atoms with van der Waals surface area (Å²) in [6, 6.07) is 0. The predicted octanol–water partition coefficient (Wildman–Crippen LogP) is 1.59. The number of hydrogen-bond donors (Lipinski definition) is 0. The van der Waals surface area contributed by atoms with Crippen molar-refractivity contribution < 1.29 is 9.47 Å². The summed E-state index contributed by atoms with van der Waals surface area (Å²) in [4.78, 5) is 0. The summed E-state index contributed by atoms with van der Waals surface area (Å²) in [5.74, 6) is 0. The van der Waals surface area contributed by atoms with Crippen molar-refractivity contribution in [1.82, 2.24) is 0 Å². The Morgan fingerprint density at radius 1 is 1.70 bits per heavy atom. The Morgan fingerprint density at radius 2 is 2.40 bits per heavy atom. The van der Waals surface area contributed by atoms with Gasteiger partial charge in [-0.05, 0) is 13.3 Å². The molecule has 0 aromatic carbocycles. The summed E-state index contributed by atoms with van der Waals surface area (Å²) in [6.07, 6.45) is 3.08. The smallest absolute Gasteiger partial charge is 0.107 e. The average Bonchev–Trinajstić information content (AvgIpc) is 2.69. The van der Waals surface area contributed by atoms with Crippen molar-refractivity contribution in [2.75, 3.05) is 13.2 Å². The second-order valence-corrected chi connectivity index (χ2v) is 2.80. The molecule has 0 radical (unpaired) electrons. The second kappa shape index (κ2) is 3.94. The summed E-state index contributed by atoms with van der Waals surface area (Å²) in [7, 11) is 0. The fourth-order valence-corrected chi connectivity index (χ4v) is 0.847. The van der Waals surface area contributed by atoms with E-state index in [0.29, 0.717) is 12.2 Å². The molecule has 2 atom stereocenters. The van der Waals surface area contributed by atoms with E-state index in [4.69, 9.17) is 9.47 Å². The number of unbranched alkanes of at least 4 members (excludes halogenated alkanes) is 1. The Hall–Kier alpha value is -0.0800. The topological polar surface area (TPSA) is 21.8 Å². The van der Waals surface area contributed by atoms with Crippen LogP contribution in [0.25, 0.3) is 0 Å². The van der Waals surface area contributed by atoms with Gasteiger partial charge in [0, 0.05) is 6.61 Å². The number of hydrogen-bond acceptors (Lipinski definition) is 2. The lowest BCUT2D eigenvalue weighted by molar-refractivity contribution is 0.0442. The number of epoxide rings is 1. The van der Waals surface area contributed by atoms with E-state index < -0.39 is 0 Å². The van der Waals surface area contributed by atoms with Gasteiger partial charge in [-0.15, -0.1) is 0 Å². The van der Waals surface area contributed by atoms with Crippen LogP contribution in [0.15, 0.2) is 0 Å². The van der Waals surface area contributed by atoms with Gasteiger partial charge in [0.2, 0.25) is 0 Å². The summed E-state index contributed by atoms with van der Waals surface area (Å²) in [5, 5.41) is 0. The van der Waals surface area contributed by atoms with E-state index in [1.165, 1.54) is 6.42 Å². The second-order valence-electron chi connectivity index (χ2n) is 2.80. The van der Waals surface area contributed by atoms with Crippen molar-refractivity contribution in [2.45, 2.75) is 38.9 Å². The minimum atomic E-state index is 0.312. The number of rotatable bonds is 5. The van der Waals surface area contributed by atoms with Gasteiger partial charge in [0.15, 0.2) is 0 Å². The molecule has 0 amide bonds. The Labute approximate surface area is 62.5 Å². The zero-order chi connectivity index (χ0) is 7.40. The molecule has 1 heterocycles. The molecule has 0 bridgehead atoms. The highest BCUT2D eigenvalue weighted by molar-refractivity contribution is 4.75. The van der Waals surface area contributed by atoms with E-state index in [2.05, 4.69) is 13.8 Å². The predicted molar refractivity (Wildman–Crippen MR) is 40.1 cm³/mol. The lowest BCUT2D eigenvalue weighted by atomic mass is 10.3. The standard InChI is InChI=1S/C8H16O2/c1-3-4-5-9-7(2)8-6-10-8/h7-8H,3-6H2,1-2H3/t7?,8-/m0/s1. The normalized spacial score (nSPS) is 26.4. The van der Waals surface area contributed by atoms with Crippen LogP contribution in [0.3, 0.4) is 0 Å². The third-order valence-corrected chi connectivity index (χ3v) is 1.76. The van der Waals surface area contributed by atoms with Crippen molar-refractivity contribution in [2.24, 2.45) is 0 Å². The third kappa shape index (κ3) is 2.67. The lowest BCUT2D eigenvalue weighted by Gasteiger charge is -2.08. The van der Waals surface area contributed by atoms with Crippen LogP contribution < -0.4 is 0 Å². The van der Waals surface area contributed by atoms with Crippen molar-refractivity contribution >= 4 is 0 Å². The Bertz CT molecular complexity index is 89.3. The van der Waals surface area contributed by atoms with Crippen molar-refractivity contribution in [3.05, 3.63) is 0 Å². The first-order chi connectivity index (χ1) is 4.84. The van der Waals surface area contributed by atoms with Crippen LogP contribution in [0, 0.1) is 0 Å². The van der Waals surface area contributed by atoms with E-state index in [9.17, 15) is 0 Å². The zero-order valence-electron chi connectivity index (χ0n) is 6.80. The van der Waals surface area contributed by atoms with Crippen molar-refractivity contribution in [3.8, 4) is 0 Å². The minimum Gasteiger partial charge on any atom is -0.376 e. The summed E-state index contributed by atoms with van der Waals surface area (Å²) in [5.41, 5.74) is 0. The van der Waals surface area contributed by atoms with Crippen molar-refractivity contribution in [3.63, 3.8) is 0 Å². The Kier molecular flexibility index (Phi) is 3.16. The van der Waals surface area contributed by atoms with Gasteiger partial charge in [-0.2, -0.15) is 0 Å². The zero-order valence-corrected chi connectivity index (χ0v) is 6.80. The quantitative estimate of drug-likeness (QED) is 0.431. The first-order valence-corrected chi connectivity index (χ1v) is 4.07. The van der Waals surface area contributed by atoms with Crippen molar-refractivity contribution in [1.29, 1.82) is 0 Å². The maximum atomic E-state index is 5.48. The molecule has 0 saturated carbocycles. The largest absolute Gasteiger partial charge is 0.376 e. The van der Waals surface area contributed by atoms with E-state index in [1.807, 2.05) is 0 Å². The average molecular weight is 144 g/mol. The SMILES string of the molecule is CCCCOC(C)[C@@H]1CO1. The fraction of sp³-hybridized carbons (Fsp3) is 1.00. The molecular formula is C8H16O2. The van der Waals surface area contributed by atoms with Crippen LogP contribution in [0.5, 0.6) is 0 Å². The molecular weight excluding hydrogens is 128 g/mol. The molecule has 2 heteroatoms. The molecule has 10 heavy (non-hydrogen) atoms. The molecule has 0 aromatic rings. The highest BCUT2D eigenvalue weighted by atomic mass is 16.6. The molecule has 0 N–H and O–H groups in total. The molecule has 60 valence electrons. The fourth-order valence-electron chi connectivity index (χ4n) is 0.847. The minimum absolute atomic E-state index is 0.312. The van der Waals surface area contributed by atoms with E-state index in [0.717, 1.165) is 19.6 Å². The molecule has 1 unspecified atom stereocenters. The van der Waals surface area contributed by atoms with E-state index >= 15 is 0 Å². The molecule has 1 aliphatic rings. The van der Waals surface area contributed by atoms with Crippen LogP contribution in [0.4, 0.5) is 0 Å². The molecule has 2 nitrogen and oxygen atoms in total. The molecule has 0 spiro atoms. The van der Waals surface area contributed by atoms with Crippen LogP contribution in [-0.4, -0.2) is 25.4 Å². The maximum Gasteiger partial charge on any atom is 0.107 e. The molecule has 1 fully saturated rings. The molecule has 0 aromatic heterocycles. The first kappa shape index (κ1) is 8.02. The molecule has 0 aliphatic carbocycles.